The van der Waals surface area contributed by atoms with Gasteiger partial charge in [0.05, 0.1) is 5.52 Å². The summed E-state index contributed by atoms with van der Waals surface area (Å²) in [6.07, 6.45) is 5.41. The molecule has 0 unspecified atom stereocenters. The van der Waals surface area contributed by atoms with E-state index in [2.05, 4.69) is 10.9 Å². The van der Waals surface area contributed by atoms with Gasteiger partial charge in [-0.05, 0) is 60.7 Å². The summed E-state index contributed by atoms with van der Waals surface area (Å²) < 4.78 is 0. The van der Waals surface area contributed by atoms with Gasteiger partial charge in [0, 0.05) is 16.3 Å². The quantitative estimate of drug-likeness (QED) is 0.312. The summed E-state index contributed by atoms with van der Waals surface area (Å²) in [5, 5.41) is 12.6. The van der Waals surface area contributed by atoms with Crippen LogP contribution in [0.25, 0.3) is 21.7 Å². The van der Waals surface area contributed by atoms with E-state index in [1.165, 1.54) is 5.56 Å². The summed E-state index contributed by atoms with van der Waals surface area (Å²) in [4.78, 5) is 4.25. The third-order valence-corrected chi connectivity index (χ3v) is 4.26. The lowest BCUT2D eigenvalue weighted by Crippen LogP contribution is -1.90. The molecule has 3 aromatic carbocycles. The maximum atomic E-state index is 9.42. The van der Waals surface area contributed by atoms with Crippen LogP contribution in [0.5, 0.6) is 5.75 Å². The second kappa shape index (κ2) is 12.1. The molecule has 0 saturated heterocycles. The third kappa shape index (κ3) is 5.99. The molecule has 1 aromatic heterocycles. The van der Waals surface area contributed by atoms with Crippen LogP contribution >= 0.6 is 0 Å². The van der Waals surface area contributed by atoms with Gasteiger partial charge in [-0.15, -0.1) is 6.42 Å². The summed E-state index contributed by atoms with van der Waals surface area (Å²) in [7, 11) is 0. The normalized spacial score (nSPS) is 9.23. The van der Waals surface area contributed by atoms with Gasteiger partial charge in [0.15, 0.2) is 0 Å². The molecule has 30 heavy (non-hydrogen) atoms. The van der Waals surface area contributed by atoms with Gasteiger partial charge in [0.25, 0.3) is 0 Å². The Bertz CT molecular complexity index is 1140. The number of aromatic hydroxyl groups is 1. The van der Waals surface area contributed by atoms with Crippen LogP contribution in [-0.4, -0.2) is 10.1 Å². The highest BCUT2D eigenvalue weighted by atomic mass is 16.3. The van der Waals surface area contributed by atoms with Gasteiger partial charge in [-0.2, -0.15) is 0 Å². The second-order valence-corrected chi connectivity index (χ2v) is 6.19. The first-order chi connectivity index (χ1) is 14.5. The van der Waals surface area contributed by atoms with E-state index in [0.29, 0.717) is 5.82 Å². The molecule has 1 heterocycles. The van der Waals surface area contributed by atoms with Crippen LogP contribution in [0.1, 0.15) is 44.4 Å². The van der Waals surface area contributed by atoms with Gasteiger partial charge in [-0.25, -0.2) is 4.98 Å². The number of hydrogen-bond donors (Lipinski definition) is 2. The lowest BCUT2D eigenvalue weighted by molar-refractivity contribution is 0.476. The van der Waals surface area contributed by atoms with Crippen molar-refractivity contribution in [2.24, 2.45) is 0 Å². The van der Waals surface area contributed by atoms with Crippen LogP contribution in [0.3, 0.4) is 0 Å². The Balaban J connectivity index is 0.000000260. The zero-order valence-electron chi connectivity index (χ0n) is 18.8. The molecule has 0 radical (unpaired) electrons. The predicted octanol–water partition coefficient (Wildman–Crippen LogP) is 7.01. The number of benzene rings is 3. The summed E-state index contributed by atoms with van der Waals surface area (Å²) in [6, 6.07) is 19.1. The number of rotatable bonds is 0. The summed E-state index contributed by atoms with van der Waals surface area (Å²) in [5.41, 5.74) is 9.63. The van der Waals surface area contributed by atoms with Crippen molar-refractivity contribution >= 4 is 27.5 Å². The first kappa shape index (κ1) is 24.5. The highest BCUT2D eigenvalue weighted by Gasteiger charge is 2.03. The first-order valence-electron chi connectivity index (χ1n) is 10.3. The fourth-order valence-electron chi connectivity index (χ4n) is 3.06. The monoisotopic (exact) mass is 400 g/mol. The summed E-state index contributed by atoms with van der Waals surface area (Å²) in [5.74, 6) is 3.51. The van der Waals surface area contributed by atoms with Gasteiger partial charge >= 0.3 is 0 Å². The molecule has 0 spiro atoms. The van der Waals surface area contributed by atoms with Crippen LogP contribution in [0.2, 0.25) is 0 Å². The maximum absolute atomic E-state index is 9.42. The Hall–Kier alpha value is -3.51. The van der Waals surface area contributed by atoms with Crippen molar-refractivity contribution in [3.63, 3.8) is 0 Å². The van der Waals surface area contributed by atoms with E-state index in [0.717, 1.165) is 32.8 Å². The molecule has 4 rings (SSSR count). The molecule has 0 bridgehead atoms. The molecular weight excluding hydrogens is 368 g/mol. The van der Waals surface area contributed by atoms with Crippen LogP contribution in [0.15, 0.2) is 60.7 Å². The van der Waals surface area contributed by atoms with Gasteiger partial charge in [-0.3, -0.25) is 0 Å². The number of aryl methyl sites for hydroxylation is 2. The number of nitrogen functional groups attached to an aromatic ring is 1. The van der Waals surface area contributed by atoms with Gasteiger partial charge in [-0.1, -0.05) is 63.9 Å². The van der Waals surface area contributed by atoms with Crippen molar-refractivity contribution in [2.75, 3.05) is 5.73 Å². The molecule has 0 saturated carbocycles. The minimum absolute atomic E-state index is 0.282. The van der Waals surface area contributed by atoms with E-state index in [-0.39, 0.29) is 5.75 Å². The molecule has 0 aliphatic heterocycles. The van der Waals surface area contributed by atoms with E-state index in [9.17, 15) is 5.11 Å². The SMILES string of the molecule is C#Cc1cccc2cc(O)cc(C)c12.CC.CC.Cc1cccc2ccc(N)nc12. The number of nitrogens with zero attached hydrogens (tertiary/aromatic N) is 1. The van der Waals surface area contributed by atoms with Crippen LogP contribution in [0.4, 0.5) is 5.82 Å². The van der Waals surface area contributed by atoms with E-state index >= 15 is 0 Å². The fraction of sp³-hybridized carbons (Fsp3) is 0.222. The lowest BCUT2D eigenvalue weighted by atomic mass is 10.00. The molecule has 3 N–H and O–H groups in total. The average molecular weight is 401 g/mol. The lowest BCUT2D eigenvalue weighted by Gasteiger charge is -2.05. The number of phenolic OH excluding ortho intramolecular Hbond substituents is 1. The predicted molar refractivity (Wildman–Crippen MR) is 132 cm³/mol. The van der Waals surface area contributed by atoms with E-state index in [4.69, 9.17) is 12.2 Å². The zero-order valence-corrected chi connectivity index (χ0v) is 18.8. The molecule has 0 aliphatic carbocycles. The molecule has 0 aliphatic rings. The number of anilines is 1. The topological polar surface area (TPSA) is 59.1 Å². The molecule has 3 heteroatoms. The molecule has 156 valence electrons. The fourth-order valence-corrected chi connectivity index (χ4v) is 3.06. The molecular formula is C27H32N2O. The van der Waals surface area contributed by atoms with Crippen molar-refractivity contribution < 1.29 is 5.11 Å². The molecule has 0 fully saturated rings. The van der Waals surface area contributed by atoms with Crippen LogP contribution in [0, 0.1) is 26.2 Å². The largest absolute Gasteiger partial charge is 0.508 e. The average Bonchev–Trinajstić information content (AvgIpc) is 2.77. The highest BCUT2D eigenvalue weighted by Crippen LogP contribution is 2.26. The Kier molecular flexibility index (Phi) is 9.92. The number of pyridine rings is 1. The number of phenols is 1. The minimum Gasteiger partial charge on any atom is -0.508 e. The molecule has 0 atom stereocenters. The van der Waals surface area contributed by atoms with Gasteiger partial charge in [0.1, 0.15) is 11.6 Å². The molecule has 0 amide bonds. The number of aromatic nitrogens is 1. The highest BCUT2D eigenvalue weighted by molar-refractivity contribution is 5.92. The Morgan fingerprint density at radius 3 is 2.13 bits per heavy atom. The minimum atomic E-state index is 0.282. The van der Waals surface area contributed by atoms with E-state index in [1.807, 2.05) is 90.1 Å². The Labute approximate surface area is 180 Å². The number of nitrogens with two attached hydrogens (primary N) is 1. The maximum Gasteiger partial charge on any atom is 0.124 e. The first-order valence-corrected chi connectivity index (χ1v) is 10.3. The van der Waals surface area contributed by atoms with Crippen molar-refractivity contribution in [3.05, 3.63) is 77.4 Å². The molecule has 4 aromatic rings. The number of para-hydroxylation sites is 1. The zero-order chi connectivity index (χ0) is 22.7. The second-order valence-electron chi connectivity index (χ2n) is 6.19. The van der Waals surface area contributed by atoms with Crippen molar-refractivity contribution in [1.29, 1.82) is 0 Å². The summed E-state index contributed by atoms with van der Waals surface area (Å²) in [6.45, 7) is 12.0. The third-order valence-electron chi connectivity index (χ3n) is 4.26. The number of terminal acetylenes is 1. The summed E-state index contributed by atoms with van der Waals surface area (Å²) >= 11 is 0. The smallest absolute Gasteiger partial charge is 0.124 e. The van der Waals surface area contributed by atoms with Gasteiger partial charge < -0.3 is 10.8 Å². The molecule has 3 nitrogen and oxygen atoms in total. The Morgan fingerprint density at radius 2 is 1.47 bits per heavy atom. The van der Waals surface area contributed by atoms with E-state index < -0.39 is 0 Å². The van der Waals surface area contributed by atoms with E-state index in [1.54, 1.807) is 12.1 Å². The van der Waals surface area contributed by atoms with Gasteiger partial charge in [0.2, 0.25) is 0 Å². The van der Waals surface area contributed by atoms with Crippen LogP contribution < -0.4 is 5.73 Å². The van der Waals surface area contributed by atoms with Crippen LogP contribution in [-0.2, 0) is 0 Å². The van der Waals surface area contributed by atoms with Crippen molar-refractivity contribution in [1.82, 2.24) is 4.98 Å². The Morgan fingerprint density at radius 1 is 0.833 bits per heavy atom. The number of hydrogen-bond acceptors (Lipinski definition) is 3. The van der Waals surface area contributed by atoms with Crippen molar-refractivity contribution in [2.45, 2.75) is 41.5 Å². The number of fused-ring (bicyclic) bond motifs is 2. The standard InChI is InChI=1S/C13H10O.C10H10N2.2C2H6/c1-3-10-5-4-6-11-8-12(14)7-9(2)13(10)11;1-7-3-2-4-8-5-6-9(11)12-10(7)8;2*1-2/h1,4-8,14H,2H3;2-6H,1H3,(H2,11,12);2*1-2H3. The van der Waals surface area contributed by atoms with Crippen molar-refractivity contribution in [3.8, 4) is 18.1 Å².